The highest BCUT2D eigenvalue weighted by molar-refractivity contribution is 7.84. The molecular formula is C36H38N4O6S. The Morgan fingerprint density at radius 2 is 1.83 bits per heavy atom. The minimum Gasteiger partial charge on any atom is -0.497 e. The number of allylic oxidation sites excluding steroid dienone is 1. The first-order valence-electron chi connectivity index (χ1n) is 16.6. The number of hydrogen-bond donors (Lipinski definition) is 1. The van der Waals surface area contributed by atoms with Crippen molar-refractivity contribution in [1.29, 1.82) is 0 Å². The largest absolute Gasteiger partial charge is 0.497 e. The van der Waals surface area contributed by atoms with Gasteiger partial charge in [-0.25, -0.2) is 9.19 Å². The molecule has 0 bridgehead atoms. The minimum atomic E-state index is -1.39. The zero-order valence-corrected chi connectivity index (χ0v) is 27.3. The van der Waals surface area contributed by atoms with Crippen molar-refractivity contribution in [1.82, 2.24) is 19.2 Å². The summed E-state index contributed by atoms with van der Waals surface area (Å²) in [5.41, 5.74) is 6.86. The molecule has 4 aromatic rings. The van der Waals surface area contributed by atoms with E-state index in [9.17, 15) is 13.8 Å². The topological polar surface area (TPSA) is 116 Å². The summed E-state index contributed by atoms with van der Waals surface area (Å²) >= 11 is 0. The number of hydrogen-bond acceptors (Lipinski definition) is 7. The molecule has 4 aliphatic rings. The molecule has 47 heavy (non-hydrogen) atoms. The number of nitrogens with one attached hydrogen (secondary N) is 1. The van der Waals surface area contributed by atoms with Gasteiger partial charge in [0.2, 0.25) is 0 Å². The molecule has 2 aromatic heterocycles. The van der Waals surface area contributed by atoms with Crippen LogP contribution in [0.25, 0.3) is 33.8 Å². The molecule has 1 unspecified atom stereocenters. The Hall–Kier alpha value is -4.22. The maximum Gasteiger partial charge on any atom is 0.276 e. The fourth-order valence-corrected chi connectivity index (χ4v) is 8.41. The van der Waals surface area contributed by atoms with Crippen LogP contribution in [0.2, 0.25) is 0 Å². The van der Waals surface area contributed by atoms with Crippen LogP contribution in [0.15, 0.2) is 47.2 Å². The van der Waals surface area contributed by atoms with Gasteiger partial charge in [0, 0.05) is 40.7 Å². The average Bonchev–Trinajstić information content (AvgIpc) is 3.81. The number of carbonyl (C=O) groups excluding carboxylic acids is 2. The van der Waals surface area contributed by atoms with E-state index in [4.69, 9.17) is 13.9 Å². The van der Waals surface area contributed by atoms with Crippen LogP contribution < -0.4 is 9.46 Å². The van der Waals surface area contributed by atoms with Gasteiger partial charge in [0.05, 0.1) is 37.8 Å². The lowest BCUT2D eigenvalue weighted by atomic mass is 9.81. The van der Waals surface area contributed by atoms with E-state index in [1.807, 2.05) is 24.3 Å². The number of ether oxygens (including phenoxy) is 2. The molecule has 10 nitrogen and oxygen atoms in total. The van der Waals surface area contributed by atoms with Gasteiger partial charge in [-0.15, -0.1) is 0 Å². The van der Waals surface area contributed by atoms with Crippen molar-refractivity contribution in [2.45, 2.75) is 62.7 Å². The molecule has 4 heterocycles. The van der Waals surface area contributed by atoms with E-state index in [0.29, 0.717) is 50.1 Å². The second-order valence-electron chi connectivity index (χ2n) is 12.9. The van der Waals surface area contributed by atoms with E-state index in [2.05, 4.69) is 32.5 Å². The lowest BCUT2D eigenvalue weighted by molar-refractivity contribution is 0.0298. The third-order valence-electron chi connectivity index (χ3n) is 9.93. The summed E-state index contributed by atoms with van der Waals surface area (Å²) in [5.74, 6) is 1.00. The Kier molecular flexibility index (Phi) is 7.97. The second kappa shape index (κ2) is 12.4. The number of nitrogens with zero attached hydrogens (tertiary/aromatic N) is 3. The van der Waals surface area contributed by atoms with Gasteiger partial charge >= 0.3 is 0 Å². The monoisotopic (exact) mass is 654 g/mol. The molecule has 2 aromatic carbocycles. The SMILES string of the molecule is COc1ccc2c(c1)C=C(c1ocnc1C(=O)N1CCOCC1)Cn1c-2c(C2CCCCC2)c2ccc(C(=O)NS(=O)C3CC3)cc21. The van der Waals surface area contributed by atoms with Crippen LogP contribution in [0.1, 0.15) is 88.6 Å². The van der Waals surface area contributed by atoms with Gasteiger partial charge in [0.1, 0.15) is 16.7 Å². The van der Waals surface area contributed by atoms with Crippen molar-refractivity contribution in [2.75, 3.05) is 33.4 Å². The zero-order valence-electron chi connectivity index (χ0n) is 26.5. The van der Waals surface area contributed by atoms with Crippen molar-refractivity contribution in [2.24, 2.45) is 0 Å². The van der Waals surface area contributed by atoms with E-state index >= 15 is 0 Å². The van der Waals surface area contributed by atoms with E-state index in [1.54, 1.807) is 12.0 Å². The second-order valence-corrected chi connectivity index (χ2v) is 14.4. The maximum atomic E-state index is 13.7. The highest BCUT2D eigenvalue weighted by atomic mass is 32.2. The number of morpholine rings is 1. The van der Waals surface area contributed by atoms with Crippen molar-refractivity contribution < 1.29 is 27.7 Å². The lowest BCUT2D eigenvalue weighted by Crippen LogP contribution is -2.41. The Balaban J connectivity index is 1.31. The van der Waals surface area contributed by atoms with E-state index in [1.165, 1.54) is 31.2 Å². The lowest BCUT2D eigenvalue weighted by Gasteiger charge is -2.26. The van der Waals surface area contributed by atoms with Gasteiger partial charge in [0.15, 0.2) is 17.8 Å². The normalized spacial score (nSPS) is 19.0. The Morgan fingerprint density at radius 1 is 1.02 bits per heavy atom. The predicted molar refractivity (Wildman–Crippen MR) is 179 cm³/mol. The summed E-state index contributed by atoms with van der Waals surface area (Å²) in [4.78, 5) is 33.2. The number of fused-ring (bicyclic) bond motifs is 5. The molecule has 1 saturated heterocycles. The molecule has 2 aliphatic carbocycles. The van der Waals surface area contributed by atoms with Crippen LogP contribution in [0.3, 0.4) is 0 Å². The number of rotatable bonds is 7. The van der Waals surface area contributed by atoms with Crippen LogP contribution in [-0.2, 0) is 22.3 Å². The van der Waals surface area contributed by atoms with E-state index in [0.717, 1.165) is 64.7 Å². The standard InChI is InChI=1S/C36H38N4O6S/c1-44-26-8-12-28-24(18-26)17-25(34-32(37-21-46-34)36(42)39-13-15-45-16-14-39)20-40-30-19-23(35(41)38-47(43)27-9-10-27)7-11-29(30)31(33(28)40)22-5-3-2-4-6-22/h7-8,11-12,17-19,21-22,27H,2-6,9-10,13-16,20H2,1H3,(H,38,41). The van der Waals surface area contributed by atoms with Crippen LogP contribution in [0.4, 0.5) is 0 Å². The molecule has 3 fully saturated rings. The van der Waals surface area contributed by atoms with Gasteiger partial charge in [-0.1, -0.05) is 25.3 Å². The molecule has 8 rings (SSSR count). The summed E-state index contributed by atoms with van der Waals surface area (Å²) in [6.07, 6.45) is 10.9. The number of methoxy groups -OCH3 is 1. The quantitative estimate of drug-likeness (QED) is 0.263. The van der Waals surface area contributed by atoms with Crippen LogP contribution in [0, 0.1) is 0 Å². The first kappa shape index (κ1) is 30.1. The number of amides is 2. The van der Waals surface area contributed by atoms with Gasteiger partial charge in [-0.05, 0) is 79.1 Å². The van der Waals surface area contributed by atoms with Crippen LogP contribution in [-0.4, -0.2) is 69.1 Å². The van der Waals surface area contributed by atoms with Crippen LogP contribution in [0.5, 0.6) is 5.75 Å². The van der Waals surface area contributed by atoms with Crippen molar-refractivity contribution in [3.63, 3.8) is 0 Å². The van der Waals surface area contributed by atoms with E-state index in [-0.39, 0.29) is 22.8 Å². The summed E-state index contributed by atoms with van der Waals surface area (Å²) < 4.78 is 34.8. The molecule has 1 atom stereocenters. The molecular weight excluding hydrogens is 616 g/mol. The van der Waals surface area contributed by atoms with Gasteiger partial charge in [-0.3, -0.25) is 14.3 Å². The molecule has 2 amide bonds. The molecule has 1 N–H and O–H groups in total. The molecule has 2 saturated carbocycles. The molecule has 11 heteroatoms. The Bertz CT molecular complexity index is 1930. The van der Waals surface area contributed by atoms with Crippen molar-refractivity contribution in [3.8, 4) is 17.0 Å². The summed E-state index contributed by atoms with van der Waals surface area (Å²) in [7, 11) is 0.271. The van der Waals surface area contributed by atoms with E-state index < -0.39 is 11.0 Å². The first-order chi connectivity index (χ1) is 23.0. The predicted octanol–water partition coefficient (Wildman–Crippen LogP) is 5.94. The average molecular weight is 655 g/mol. The summed E-state index contributed by atoms with van der Waals surface area (Å²) in [6, 6.07) is 12.0. The third-order valence-corrected chi connectivity index (χ3v) is 11.4. The van der Waals surface area contributed by atoms with Gasteiger partial charge in [0.25, 0.3) is 11.8 Å². The molecule has 0 radical (unpaired) electrons. The van der Waals surface area contributed by atoms with Crippen molar-refractivity contribution >= 4 is 45.4 Å². The minimum absolute atomic E-state index is 0.0441. The molecule has 244 valence electrons. The Labute approximate surface area is 275 Å². The number of carbonyl (C=O) groups is 2. The number of aromatic nitrogens is 2. The molecule has 0 spiro atoms. The van der Waals surface area contributed by atoms with Crippen molar-refractivity contribution in [3.05, 3.63) is 70.9 Å². The summed E-state index contributed by atoms with van der Waals surface area (Å²) in [6.45, 7) is 2.37. The summed E-state index contributed by atoms with van der Waals surface area (Å²) in [5, 5.41) is 1.15. The first-order valence-corrected chi connectivity index (χ1v) is 17.8. The van der Waals surface area contributed by atoms with Gasteiger partial charge < -0.3 is 23.4 Å². The fraction of sp³-hybridized carbons (Fsp3) is 0.417. The Morgan fingerprint density at radius 3 is 2.60 bits per heavy atom. The molecule has 2 aliphatic heterocycles. The highest BCUT2D eigenvalue weighted by Gasteiger charge is 2.33. The number of oxazole rings is 1. The maximum absolute atomic E-state index is 13.7. The smallest absolute Gasteiger partial charge is 0.276 e. The van der Waals surface area contributed by atoms with Gasteiger partial charge in [-0.2, -0.15) is 0 Å². The number of benzene rings is 2. The highest BCUT2D eigenvalue weighted by Crippen LogP contribution is 2.48. The third kappa shape index (κ3) is 5.59. The zero-order chi connectivity index (χ0) is 32.1. The fourth-order valence-electron chi connectivity index (χ4n) is 7.38. The van der Waals surface area contributed by atoms with Crippen LogP contribution >= 0.6 is 0 Å².